The van der Waals surface area contributed by atoms with Gasteiger partial charge in [0, 0.05) is 36.3 Å². The van der Waals surface area contributed by atoms with Crippen LogP contribution in [0.15, 0.2) is 72.8 Å². The Balaban J connectivity index is 1.45. The summed E-state index contributed by atoms with van der Waals surface area (Å²) in [6.45, 7) is 4.58. The molecule has 1 unspecified atom stereocenters. The van der Waals surface area contributed by atoms with Crippen LogP contribution in [0.1, 0.15) is 11.1 Å². The largest absolute Gasteiger partial charge is 0.395 e. The van der Waals surface area contributed by atoms with E-state index in [2.05, 4.69) is 0 Å². The summed E-state index contributed by atoms with van der Waals surface area (Å²) >= 11 is 1.55. The maximum Gasteiger partial charge on any atom is 0.251 e. The second-order valence-corrected chi connectivity index (χ2v) is 11.9. The molecule has 0 radical (unpaired) electrons. The SMILES string of the molecule is Cc1ccc(C)c(N2CC=C[C@]34S[C@H]5C=CCN(c6ccccc6)C(=O)[C@H]5[C@H]3C(=O)N(CCO)C4C2=O)c1. The molecular formula is C30H31N3O4S. The van der Waals surface area contributed by atoms with Gasteiger partial charge in [-0.05, 0) is 43.2 Å². The highest BCUT2D eigenvalue weighted by Gasteiger charge is 2.71. The van der Waals surface area contributed by atoms with Crippen molar-refractivity contribution < 1.29 is 19.5 Å². The molecule has 0 bridgehead atoms. The summed E-state index contributed by atoms with van der Waals surface area (Å²) in [5.41, 5.74) is 3.63. The Labute approximate surface area is 226 Å². The summed E-state index contributed by atoms with van der Waals surface area (Å²) in [5.74, 6) is -1.82. The van der Waals surface area contributed by atoms with Crippen LogP contribution < -0.4 is 9.80 Å². The van der Waals surface area contributed by atoms with Crippen LogP contribution >= 0.6 is 11.8 Å². The third kappa shape index (κ3) is 3.65. The van der Waals surface area contributed by atoms with Gasteiger partial charge in [0.05, 0.1) is 23.2 Å². The number of aliphatic hydroxyl groups is 1. The number of rotatable bonds is 4. The smallest absolute Gasteiger partial charge is 0.251 e. The molecule has 0 saturated carbocycles. The molecule has 1 spiro atoms. The molecule has 1 N–H and O–H groups in total. The van der Waals surface area contributed by atoms with Crippen LogP contribution in [0.2, 0.25) is 0 Å². The van der Waals surface area contributed by atoms with Gasteiger partial charge in [-0.1, -0.05) is 54.6 Å². The van der Waals surface area contributed by atoms with Crippen molar-refractivity contribution in [3.63, 3.8) is 0 Å². The van der Waals surface area contributed by atoms with Gasteiger partial charge in [-0.2, -0.15) is 0 Å². The van der Waals surface area contributed by atoms with Crippen molar-refractivity contribution in [1.29, 1.82) is 0 Å². The number of benzene rings is 2. The van der Waals surface area contributed by atoms with E-state index in [1.54, 1.807) is 21.6 Å². The molecule has 2 fully saturated rings. The monoisotopic (exact) mass is 529 g/mol. The fraction of sp³-hybridized carbons (Fsp3) is 0.367. The van der Waals surface area contributed by atoms with E-state index in [0.717, 1.165) is 22.5 Å². The van der Waals surface area contributed by atoms with Gasteiger partial charge in [0.15, 0.2) is 0 Å². The molecule has 196 valence electrons. The van der Waals surface area contributed by atoms with Crippen LogP contribution in [0.4, 0.5) is 11.4 Å². The van der Waals surface area contributed by atoms with Gasteiger partial charge in [-0.15, -0.1) is 11.8 Å². The topological polar surface area (TPSA) is 81.2 Å². The molecule has 4 aliphatic heterocycles. The lowest BCUT2D eigenvalue weighted by atomic mass is 9.78. The van der Waals surface area contributed by atoms with E-state index in [1.807, 2.05) is 86.7 Å². The van der Waals surface area contributed by atoms with Crippen LogP contribution in [0, 0.1) is 25.7 Å². The van der Waals surface area contributed by atoms with E-state index in [4.69, 9.17) is 0 Å². The third-order valence-corrected chi connectivity index (χ3v) is 9.97. The molecule has 0 aliphatic carbocycles. The normalized spacial score (nSPS) is 30.3. The molecule has 8 heteroatoms. The summed E-state index contributed by atoms with van der Waals surface area (Å²) in [5, 5.41) is 9.68. The first-order valence-electron chi connectivity index (χ1n) is 13.1. The minimum Gasteiger partial charge on any atom is -0.395 e. The highest BCUT2D eigenvalue weighted by Crippen LogP contribution is 2.61. The Morgan fingerprint density at radius 2 is 1.71 bits per heavy atom. The van der Waals surface area contributed by atoms with Crippen LogP contribution in [0.25, 0.3) is 0 Å². The number of likely N-dealkylation sites (tertiary alicyclic amines) is 1. The van der Waals surface area contributed by atoms with Crippen LogP contribution in [-0.2, 0) is 14.4 Å². The number of aryl methyl sites for hydroxylation is 2. The fourth-order valence-corrected chi connectivity index (χ4v) is 8.56. The molecule has 0 aromatic heterocycles. The van der Waals surface area contributed by atoms with Crippen molar-refractivity contribution in [2.75, 3.05) is 36.0 Å². The van der Waals surface area contributed by atoms with Crippen molar-refractivity contribution in [2.24, 2.45) is 11.8 Å². The number of β-amino-alcohol motifs (C(OH)–C–C–N with tert-alkyl or cyclic N) is 1. The first kappa shape index (κ1) is 24.9. The molecule has 4 heterocycles. The number of anilines is 2. The van der Waals surface area contributed by atoms with Crippen molar-refractivity contribution in [1.82, 2.24) is 4.90 Å². The summed E-state index contributed by atoms with van der Waals surface area (Å²) in [6.07, 6.45) is 8.02. The average Bonchev–Trinajstić information content (AvgIpc) is 3.21. The van der Waals surface area contributed by atoms with Gasteiger partial charge < -0.3 is 19.8 Å². The van der Waals surface area contributed by atoms with Crippen molar-refractivity contribution in [2.45, 2.75) is 29.9 Å². The van der Waals surface area contributed by atoms with E-state index >= 15 is 0 Å². The Bertz CT molecular complexity index is 1360. The molecule has 5 atom stereocenters. The molecule has 2 saturated heterocycles. The molecule has 38 heavy (non-hydrogen) atoms. The first-order chi connectivity index (χ1) is 18.4. The van der Waals surface area contributed by atoms with Gasteiger partial charge in [-0.25, -0.2) is 0 Å². The maximum absolute atomic E-state index is 14.4. The summed E-state index contributed by atoms with van der Waals surface area (Å²) in [4.78, 5) is 47.6. The number of hydrogen-bond donors (Lipinski definition) is 1. The minimum absolute atomic E-state index is 0.0480. The number of fused-ring (bicyclic) bond motifs is 2. The van der Waals surface area contributed by atoms with Crippen LogP contribution in [0.5, 0.6) is 0 Å². The van der Waals surface area contributed by atoms with Crippen molar-refractivity contribution in [3.05, 3.63) is 84.0 Å². The molecule has 2 aromatic rings. The zero-order valence-electron chi connectivity index (χ0n) is 21.5. The molecule has 4 aliphatic rings. The highest BCUT2D eigenvalue weighted by molar-refractivity contribution is 8.02. The van der Waals surface area contributed by atoms with E-state index in [-0.39, 0.29) is 36.1 Å². The Morgan fingerprint density at radius 3 is 2.47 bits per heavy atom. The standard InChI is InChI=1S/C30H31N3O4S/c1-19-11-12-20(2)22(18-19)32-15-7-13-30-25(28(36)33(16-17-34)26(30)29(32)37)24-23(38-30)10-6-14-31(27(24)35)21-8-4-3-5-9-21/h3-13,18,23-26,34H,14-17H2,1-2H3/t23-,24+,25-,26?,30-/m0/s1. The minimum atomic E-state index is -0.898. The predicted octanol–water partition coefficient (Wildman–Crippen LogP) is 3.10. The Hall–Kier alpha value is -3.36. The van der Waals surface area contributed by atoms with Gasteiger partial charge in [0.1, 0.15) is 6.04 Å². The summed E-state index contributed by atoms with van der Waals surface area (Å²) in [6, 6.07) is 14.7. The molecule has 3 amide bonds. The predicted molar refractivity (Wildman–Crippen MR) is 149 cm³/mol. The lowest BCUT2D eigenvalue weighted by Crippen LogP contribution is -2.54. The summed E-state index contributed by atoms with van der Waals surface area (Å²) in [7, 11) is 0. The van der Waals surface area contributed by atoms with E-state index < -0.39 is 22.6 Å². The zero-order valence-corrected chi connectivity index (χ0v) is 22.3. The quantitative estimate of drug-likeness (QED) is 0.616. The number of para-hydroxylation sites is 1. The van der Waals surface area contributed by atoms with Crippen molar-refractivity contribution >= 4 is 40.9 Å². The number of aliphatic hydroxyl groups excluding tert-OH is 1. The molecule has 6 rings (SSSR count). The second-order valence-electron chi connectivity index (χ2n) is 10.5. The van der Waals surface area contributed by atoms with E-state index in [9.17, 15) is 19.5 Å². The van der Waals surface area contributed by atoms with Crippen molar-refractivity contribution in [3.8, 4) is 0 Å². The lowest BCUT2D eigenvalue weighted by Gasteiger charge is -2.35. The highest BCUT2D eigenvalue weighted by atomic mass is 32.2. The van der Waals surface area contributed by atoms with E-state index in [1.165, 1.54) is 4.90 Å². The molecule has 7 nitrogen and oxygen atoms in total. The Morgan fingerprint density at radius 1 is 0.947 bits per heavy atom. The molecule has 2 aromatic carbocycles. The van der Waals surface area contributed by atoms with Gasteiger partial charge in [-0.3, -0.25) is 14.4 Å². The number of amides is 3. The van der Waals surface area contributed by atoms with Gasteiger partial charge in [0.2, 0.25) is 11.8 Å². The van der Waals surface area contributed by atoms with E-state index in [0.29, 0.717) is 13.1 Å². The van der Waals surface area contributed by atoms with Gasteiger partial charge >= 0.3 is 0 Å². The lowest BCUT2D eigenvalue weighted by molar-refractivity contribution is -0.139. The van der Waals surface area contributed by atoms with Crippen LogP contribution in [-0.4, -0.2) is 70.0 Å². The zero-order chi connectivity index (χ0) is 26.6. The average molecular weight is 530 g/mol. The maximum atomic E-state index is 14.4. The number of carbonyl (C=O) groups excluding carboxylic acids is 3. The first-order valence-corrected chi connectivity index (χ1v) is 13.9. The Kier molecular flexibility index (Phi) is 6.19. The summed E-state index contributed by atoms with van der Waals surface area (Å²) < 4.78 is -0.898. The number of thioether (sulfide) groups is 1. The third-order valence-electron chi connectivity index (χ3n) is 8.22. The second kappa shape index (κ2) is 9.43. The number of carbonyl (C=O) groups is 3. The van der Waals surface area contributed by atoms with Gasteiger partial charge in [0.25, 0.3) is 5.91 Å². The fourth-order valence-electron chi connectivity index (χ4n) is 6.55. The van der Waals surface area contributed by atoms with Crippen LogP contribution in [0.3, 0.4) is 0 Å². The molecular weight excluding hydrogens is 498 g/mol. The number of nitrogens with zero attached hydrogens (tertiary/aromatic N) is 3. The number of hydrogen-bond acceptors (Lipinski definition) is 5.